The van der Waals surface area contributed by atoms with E-state index >= 15 is 0 Å². The Balaban J connectivity index is 1.82. The van der Waals surface area contributed by atoms with Gasteiger partial charge in [0.05, 0.1) is 12.7 Å². The minimum absolute atomic E-state index is 0.171. The molecule has 0 aromatic heterocycles. The molecule has 1 aromatic rings. The van der Waals surface area contributed by atoms with E-state index in [9.17, 15) is 9.90 Å². The summed E-state index contributed by atoms with van der Waals surface area (Å²) in [6, 6.07) is 5.58. The van der Waals surface area contributed by atoms with Gasteiger partial charge in [-0.25, -0.2) is 4.79 Å². The number of hydrogen-bond donors (Lipinski definition) is 1. The first kappa shape index (κ1) is 13.9. The highest BCUT2D eigenvalue weighted by atomic mass is 16.6. The summed E-state index contributed by atoms with van der Waals surface area (Å²) in [7, 11) is 0. The van der Waals surface area contributed by atoms with Gasteiger partial charge in [0, 0.05) is 23.1 Å². The molecule has 0 unspecified atom stereocenters. The zero-order chi connectivity index (χ0) is 14.8. The van der Waals surface area contributed by atoms with Gasteiger partial charge in [0.25, 0.3) is 0 Å². The van der Waals surface area contributed by atoms with E-state index in [4.69, 9.17) is 9.47 Å². The molecule has 1 fully saturated rings. The monoisotopic (exact) mass is 286 g/mol. The van der Waals surface area contributed by atoms with Gasteiger partial charge in [-0.3, -0.25) is 0 Å². The molecule has 1 saturated heterocycles. The second-order valence-electron chi connectivity index (χ2n) is 5.21. The minimum Gasteiger partial charge on any atom is -0.507 e. The SMILES string of the molecule is CCOC(=O)/C=C/c1cccc([C@@H]2CC=C[C@@H]3O[C@@H]32)c1O. The highest BCUT2D eigenvalue weighted by molar-refractivity contribution is 5.87. The van der Waals surface area contributed by atoms with E-state index in [0.717, 1.165) is 12.0 Å². The first-order chi connectivity index (χ1) is 10.2. The molecule has 0 spiro atoms. The number of epoxide rings is 1. The number of para-hydroxylation sites is 1. The first-order valence-corrected chi connectivity index (χ1v) is 7.19. The third kappa shape index (κ3) is 2.85. The van der Waals surface area contributed by atoms with E-state index in [1.807, 2.05) is 12.1 Å². The fourth-order valence-corrected chi connectivity index (χ4v) is 2.77. The van der Waals surface area contributed by atoms with E-state index in [1.54, 1.807) is 19.1 Å². The van der Waals surface area contributed by atoms with E-state index in [0.29, 0.717) is 12.2 Å². The van der Waals surface area contributed by atoms with Crippen molar-refractivity contribution in [2.45, 2.75) is 31.5 Å². The molecule has 2 aliphatic rings. The number of fused-ring (bicyclic) bond motifs is 1. The second kappa shape index (κ2) is 5.74. The lowest BCUT2D eigenvalue weighted by Crippen LogP contribution is -2.11. The molecule has 3 atom stereocenters. The van der Waals surface area contributed by atoms with E-state index in [1.165, 1.54) is 6.08 Å². The normalized spacial score (nSPS) is 26.6. The summed E-state index contributed by atoms with van der Waals surface area (Å²) in [6.45, 7) is 2.09. The molecule has 1 aromatic carbocycles. The Labute approximate surface area is 123 Å². The summed E-state index contributed by atoms with van der Waals surface area (Å²) in [5.74, 6) is -0.0166. The Morgan fingerprint density at radius 1 is 1.52 bits per heavy atom. The highest BCUT2D eigenvalue weighted by Gasteiger charge is 2.46. The zero-order valence-corrected chi connectivity index (χ0v) is 11.9. The van der Waals surface area contributed by atoms with Gasteiger partial charge in [-0.15, -0.1) is 0 Å². The Hall–Kier alpha value is -2.07. The molecule has 1 heterocycles. The second-order valence-corrected chi connectivity index (χ2v) is 5.21. The van der Waals surface area contributed by atoms with Crippen molar-refractivity contribution in [2.75, 3.05) is 6.61 Å². The summed E-state index contributed by atoms with van der Waals surface area (Å²) in [4.78, 5) is 11.4. The van der Waals surface area contributed by atoms with Gasteiger partial charge in [0.1, 0.15) is 11.9 Å². The molecule has 1 aliphatic heterocycles. The van der Waals surface area contributed by atoms with Crippen LogP contribution in [-0.4, -0.2) is 29.9 Å². The van der Waals surface area contributed by atoms with Gasteiger partial charge in [-0.1, -0.05) is 30.4 Å². The summed E-state index contributed by atoms with van der Waals surface area (Å²) in [5, 5.41) is 10.4. The van der Waals surface area contributed by atoms with Crippen molar-refractivity contribution >= 4 is 12.0 Å². The first-order valence-electron chi connectivity index (χ1n) is 7.19. The van der Waals surface area contributed by atoms with Crippen molar-refractivity contribution in [2.24, 2.45) is 0 Å². The van der Waals surface area contributed by atoms with E-state index < -0.39 is 5.97 Å². The van der Waals surface area contributed by atoms with Gasteiger partial charge >= 0.3 is 5.97 Å². The van der Waals surface area contributed by atoms with Gasteiger partial charge < -0.3 is 14.6 Å². The largest absolute Gasteiger partial charge is 0.507 e. The number of carbonyl (C=O) groups excluding carboxylic acids is 1. The summed E-state index contributed by atoms with van der Waals surface area (Å²) >= 11 is 0. The van der Waals surface area contributed by atoms with Crippen LogP contribution in [0, 0.1) is 0 Å². The third-order valence-electron chi connectivity index (χ3n) is 3.86. The van der Waals surface area contributed by atoms with E-state index in [2.05, 4.69) is 12.2 Å². The standard InChI is InChI=1S/C17H18O4/c1-2-20-15(18)10-9-11-5-3-6-12(16(11)19)13-7-4-8-14-17(13)21-14/h3-6,8-10,13-14,17,19H,2,7H2,1H3/b10-9+/t13-,14-,17+/m0/s1. The van der Waals surface area contributed by atoms with Crippen molar-refractivity contribution in [3.8, 4) is 5.75 Å². The smallest absolute Gasteiger partial charge is 0.330 e. The molecule has 1 aliphatic carbocycles. The van der Waals surface area contributed by atoms with Crippen LogP contribution >= 0.6 is 0 Å². The maximum atomic E-state index is 11.4. The molecular formula is C17H18O4. The lowest BCUT2D eigenvalue weighted by molar-refractivity contribution is -0.137. The number of esters is 1. The van der Waals surface area contributed by atoms with Crippen LogP contribution in [-0.2, 0) is 14.3 Å². The number of phenolic OH excluding ortho intramolecular Hbond substituents is 1. The molecule has 0 bridgehead atoms. The summed E-state index contributed by atoms with van der Waals surface area (Å²) in [6.07, 6.45) is 8.31. The molecule has 0 radical (unpaired) electrons. The Kier molecular flexibility index (Phi) is 3.80. The average Bonchev–Trinajstić information content (AvgIpc) is 3.26. The fourth-order valence-electron chi connectivity index (χ4n) is 2.77. The van der Waals surface area contributed by atoms with Crippen LogP contribution in [0.25, 0.3) is 6.08 Å². The predicted octanol–water partition coefficient (Wildman–Crippen LogP) is 2.78. The molecule has 0 amide bonds. The van der Waals surface area contributed by atoms with Gasteiger partial charge in [-0.05, 0) is 19.4 Å². The summed E-state index contributed by atoms with van der Waals surface area (Å²) < 4.78 is 10.4. The van der Waals surface area contributed by atoms with Crippen LogP contribution in [0.1, 0.15) is 30.4 Å². The van der Waals surface area contributed by atoms with Crippen LogP contribution < -0.4 is 0 Å². The van der Waals surface area contributed by atoms with Crippen molar-refractivity contribution in [3.05, 3.63) is 47.6 Å². The fraction of sp³-hybridized carbons (Fsp3) is 0.353. The molecule has 0 saturated carbocycles. The lowest BCUT2D eigenvalue weighted by atomic mass is 9.86. The van der Waals surface area contributed by atoms with Crippen LogP contribution in [0.2, 0.25) is 0 Å². The predicted molar refractivity (Wildman–Crippen MR) is 78.9 cm³/mol. The Morgan fingerprint density at radius 2 is 2.38 bits per heavy atom. The highest BCUT2D eigenvalue weighted by Crippen LogP contribution is 2.45. The van der Waals surface area contributed by atoms with Crippen LogP contribution in [0.3, 0.4) is 0 Å². The molecule has 4 nitrogen and oxygen atoms in total. The van der Waals surface area contributed by atoms with Crippen molar-refractivity contribution in [1.29, 1.82) is 0 Å². The number of aromatic hydroxyl groups is 1. The van der Waals surface area contributed by atoms with Crippen LogP contribution in [0.15, 0.2) is 36.4 Å². The van der Waals surface area contributed by atoms with Crippen molar-refractivity contribution in [3.63, 3.8) is 0 Å². The Morgan fingerprint density at radius 3 is 3.19 bits per heavy atom. The van der Waals surface area contributed by atoms with E-state index in [-0.39, 0.29) is 23.9 Å². The average molecular weight is 286 g/mol. The quantitative estimate of drug-likeness (QED) is 0.400. The maximum absolute atomic E-state index is 11.4. The van der Waals surface area contributed by atoms with Crippen LogP contribution in [0.4, 0.5) is 0 Å². The van der Waals surface area contributed by atoms with Crippen molar-refractivity contribution in [1.82, 2.24) is 0 Å². The van der Waals surface area contributed by atoms with Gasteiger partial charge in [-0.2, -0.15) is 0 Å². The third-order valence-corrected chi connectivity index (χ3v) is 3.86. The Bertz CT molecular complexity index is 603. The maximum Gasteiger partial charge on any atom is 0.330 e. The molecule has 3 rings (SSSR count). The zero-order valence-electron chi connectivity index (χ0n) is 11.9. The number of ether oxygens (including phenoxy) is 2. The lowest BCUT2D eigenvalue weighted by Gasteiger charge is -2.17. The number of phenols is 1. The molecule has 1 N–H and O–H groups in total. The molecule has 4 heteroatoms. The van der Waals surface area contributed by atoms with Crippen molar-refractivity contribution < 1.29 is 19.4 Å². The number of benzene rings is 1. The number of rotatable bonds is 4. The van der Waals surface area contributed by atoms with Crippen LogP contribution in [0.5, 0.6) is 5.75 Å². The molecule has 110 valence electrons. The molecule has 21 heavy (non-hydrogen) atoms. The summed E-state index contributed by atoms with van der Waals surface area (Å²) in [5.41, 5.74) is 1.49. The number of hydrogen-bond acceptors (Lipinski definition) is 4. The van der Waals surface area contributed by atoms with Gasteiger partial charge in [0.15, 0.2) is 0 Å². The molecular weight excluding hydrogens is 268 g/mol. The topological polar surface area (TPSA) is 59.1 Å². The number of allylic oxidation sites excluding steroid dienone is 1. The van der Waals surface area contributed by atoms with Gasteiger partial charge in [0.2, 0.25) is 0 Å². The minimum atomic E-state index is -0.409. The number of carbonyl (C=O) groups is 1.